The first-order valence-electron chi connectivity index (χ1n) is 7.01. The van der Waals surface area contributed by atoms with Crippen LogP contribution in [0, 0.1) is 0 Å². The third kappa shape index (κ3) is 3.06. The van der Waals surface area contributed by atoms with Gasteiger partial charge in [0.05, 0.1) is 18.2 Å². The maximum atomic E-state index is 12.0. The molecular weight excluding hydrogens is 266 g/mol. The van der Waals surface area contributed by atoms with Gasteiger partial charge in [-0.15, -0.1) is 0 Å². The summed E-state index contributed by atoms with van der Waals surface area (Å²) in [6, 6.07) is 15.1. The smallest absolute Gasteiger partial charge is 0.255 e. The van der Waals surface area contributed by atoms with Crippen molar-refractivity contribution in [1.29, 1.82) is 0 Å². The second kappa shape index (κ2) is 5.97. The van der Waals surface area contributed by atoms with Crippen LogP contribution in [0.15, 0.2) is 48.5 Å². The molecule has 1 heterocycles. The van der Waals surface area contributed by atoms with Crippen molar-refractivity contribution in [2.75, 3.05) is 13.2 Å². The lowest BCUT2D eigenvalue weighted by Crippen LogP contribution is -2.24. The molecule has 2 aromatic carbocycles. The molecule has 2 aromatic rings. The van der Waals surface area contributed by atoms with Gasteiger partial charge in [0.2, 0.25) is 0 Å². The minimum Gasteiger partial charge on any atom is -0.491 e. The van der Waals surface area contributed by atoms with E-state index in [0.29, 0.717) is 30.9 Å². The van der Waals surface area contributed by atoms with Gasteiger partial charge in [0.1, 0.15) is 12.4 Å². The van der Waals surface area contributed by atoms with Crippen molar-refractivity contribution in [1.82, 2.24) is 5.32 Å². The second-order valence-electron chi connectivity index (χ2n) is 5.07. The van der Waals surface area contributed by atoms with Crippen LogP contribution in [0.3, 0.4) is 0 Å². The minimum absolute atomic E-state index is 0.156. The summed E-state index contributed by atoms with van der Waals surface area (Å²) in [6.07, 6.45) is -0.129. The lowest BCUT2D eigenvalue weighted by Gasteiger charge is -2.13. The van der Waals surface area contributed by atoms with E-state index in [2.05, 4.69) is 5.32 Å². The van der Waals surface area contributed by atoms with Gasteiger partial charge in [-0.2, -0.15) is 0 Å². The van der Waals surface area contributed by atoms with Gasteiger partial charge in [0, 0.05) is 6.42 Å². The van der Waals surface area contributed by atoms with Crippen molar-refractivity contribution in [3.63, 3.8) is 0 Å². The van der Waals surface area contributed by atoms with Gasteiger partial charge in [0.25, 0.3) is 5.91 Å². The summed E-state index contributed by atoms with van der Waals surface area (Å²) in [7, 11) is 0. The van der Waals surface area contributed by atoms with Crippen LogP contribution in [0.25, 0.3) is 0 Å². The summed E-state index contributed by atoms with van der Waals surface area (Å²) in [5.41, 5.74) is 2.26. The third-order valence-corrected chi connectivity index (χ3v) is 3.55. The maximum Gasteiger partial charge on any atom is 0.255 e. The summed E-state index contributed by atoms with van der Waals surface area (Å²) in [5.74, 6) is 0.414. The molecule has 4 nitrogen and oxygen atoms in total. The van der Waals surface area contributed by atoms with Crippen LogP contribution in [0.1, 0.15) is 27.6 Å². The van der Waals surface area contributed by atoms with Crippen molar-refractivity contribution in [3.8, 4) is 5.75 Å². The molecule has 0 radical (unpaired) electrons. The Morgan fingerprint density at radius 3 is 2.81 bits per heavy atom. The van der Waals surface area contributed by atoms with E-state index < -0.39 is 6.10 Å². The van der Waals surface area contributed by atoms with Gasteiger partial charge in [0.15, 0.2) is 0 Å². The molecule has 0 saturated carbocycles. The Morgan fingerprint density at radius 1 is 1.19 bits per heavy atom. The zero-order chi connectivity index (χ0) is 14.7. The molecule has 1 aliphatic rings. The van der Waals surface area contributed by atoms with Gasteiger partial charge in [-0.25, -0.2) is 0 Å². The number of nitrogens with one attached hydrogen (secondary N) is 1. The second-order valence-corrected chi connectivity index (χ2v) is 5.07. The molecule has 0 fully saturated rings. The molecule has 0 aromatic heterocycles. The number of ether oxygens (including phenoxy) is 1. The molecule has 2 N–H and O–H groups in total. The molecule has 3 rings (SSSR count). The van der Waals surface area contributed by atoms with Crippen LogP contribution in [-0.4, -0.2) is 24.2 Å². The number of amides is 1. The van der Waals surface area contributed by atoms with E-state index >= 15 is 0 Å². The minimum atomic E-state index is -0.645. The Morgan fingerprint density at radius 2 is 2.00 bits per heavy atom. The zero-order valence-corrected chi connectivity index (χ0v) is 11.6. The topological polar surface area (TPSA) is 58.6 Å². The lowest BCUT2D eigenvalue weighted by atomic mass is 9.99. The molecule has 0 aliphatic carbocycles. The number of carbonyl (C=O) groups is 1. The van der Waals surface area contributed by atoms with E-state index in [1.165, 1.54) is 0 Å². The van der Waals surface area contributed by atoms with Gasteiger partial charge < -0.3 is 15.2 Å². The summed E-state index contributed by atoms with van der Waals surface area (Å²) in [4.78, 5) is 12.0. The fourth-order valence-electron chi connectivity index (χ4n) is 2.43. The summed E-state index contributed by atoms with van der Waals surface area (Å²) in [6.45, 7) is 0.958. The average Bonchev–Trinajstić information content (AvgIpc) is 2.70. The highest BCUT2D eigenvalue weighted by atomic mass is 16.5. The van der Waals surface area contributed by atoms with Crippen LogP contribution < -0.4 is 10.1 Å². The predicted molar refractivity (Wildman–Crippen MR) is 79.4 cm³/mol. The molecule has 108 valence electrons. The van der Waals surface area contributed by atoms with E-state index in [1.807, 2.05) is 36.4 Å². The molecule has 1 amide bonds. The van der Waals surface area contributed by atoms with Crippen LogP contribution in [-0.2, 0) is 6.42 Å². The maximum absolute atomic E-state index is 12.0. The van der Waals surface area contributed by atoms with Crippen LogP contribution in [0.2, 0.25) is 0 Å². The van der Waals surface area contributed by atoms with Crippen molar-refractivity contribution in [3.05, 3.63) is 65.2 Å². The summed E-state index contributed by atoms with van der Waals surface area (Å²) >= 11 is 0. The number of rotatable bonds is 3. The van der Waals surface area contributed by atoms with E-state index in [9.17, 15) is 9.90 Å². The summed E-state index contributed by atoms with van der Waals surface area (Å²) in [5, 5.41) is 13.1. The first-order valence-corrected chi connectivity index (χ1v) is 7.01. The molecule has 21 heavy (non-hydrogen) atoms. The molecule has 0 spiro atoms. The Balaban J connectivity index is 1.84. The van der Waals surface area contributed by atoms with Crippen molar-refractivity contribution in [2.24, 2.45) is 0 Å². The van der Waals surface area contributed by atoms with Gasteiger partial charge >= 0.3 is 0 Å². The highest BCUT2D eigenvalue weighted by molar-refractivity contribution is 5.97. The van der Waals surface area contributed by atoms with Crippen LogP contribution in [0.4, 0.5) is 0 Å². The Labute approximate surface area is 123 Å². The Kier molecular flexibility index (Phi) is 3.88. The van der Waals surface area contributed by atoms with Crippen LogP contribution in [0.5, 0.6) is 5.75 Å². The predicted octanol–water partition coefficient (Wildman–Crippen LogP) is 2.08. The number of hydrogen-bond donors (Lipinski definition) is 2. The van der Waals surface area contributed by atoms with E-state index in [1.54, 1.807) is 12.1 Å². The van der Waals surface area contributed by atoms with E-state index in [0.717, 1.165) is 11.1 Å². The molecule has 0 bridgehead atoms. The summed E-state index contributed by atoms with van der Waals surface area (Å²) < 4.78 is 5.51. The number of fused-ring (bicyclic) bond motifs is 1. The fourth-order valence-corrected chi connectivity index (χ4v) is 2.43. The van der Waals surface area contributed by atoms with Crippen LogP contribution >= 0.6 is 0 Å². The van der Waals surface area contributed by atoms with Crippen molar-refractivity contribution >= 4 is 5.91 Å². The fraction of sp³-hybridized carbons (Fsp3) is 0.235. The zero-order valence-electron chi connectivity index (χ0n) is 11.6. The normalized spacial score (nSPS) is 15.4. The number of hydrogen-bond acceptors (Lipinski definition) is 3. The highest BCUT2D eigenvalue weighted by Gasteiger charge is 2.19. The number of benzene rings is 2. The largest absolute Gasteiger partial charge is 0.491 e. The Hall–Kier alpha value is -2.33. The van der Waals surface area contributed by atoms with Crippen molar-refractivity contribution in [2.45, 2.75) is 12.5 Å². The molecule has 1 atom stereocenters. The Bertz CT molecular complexity index is 640. The highest BCUT2D eigenvalue weighted by Crippen LogP contribution is 2.26. The lowest BCUT2D eigenvalue weighted by molar-refractivity contribution is 0.0957. The molecule has 4 heteroatoms. The van der Waals surface area contributed by atoms with E-state index in [4.69, 9.17) is 4.74 Å². The van der Waals surface area contributed by atoms with Gasteiger partial charge in [-0.1, -0.05) is 36.4 Å². The third-order valence-electron chi connectivity index (χ3n) is 3.55. The number of aliphatic hydroxyl groups excluding tert-OH is 1. The van der Waals surface area contributed by atoms with Gasteiger partial charge in [-0.3, -0.25) is 4.79 Å². The van der Waals surface area contributed by atoms with Crippen molar-refractivity contribution < 1.29 is 14.6 Å². The molecule has 1 unspecified atom stereocenters. The SMILES string of the molecule is O=C1NCCOc2ccc(C(O)Cc3ccccc3)cc21. The number of aliphatic hydroxyl groups is 1. The van der Waals surface area contributed by atoms with Gasteiger partial charge in [-0.05, 0) is 23.3 Å². The first kappa shape index (κ1) is 13.6. The molecule has 0 saturated heterocycles. The standard InChI is InChI=1S/C17H17NO3/c19-15(10-12-4-2-1-3-5-12)13-6-7-16-14(11-13)17(20)18-8-9-21-16/h1-7,11,15,19H,8-10H2,(H,18,20). The quantitative estimate of drug-likeness (QED) is 0.906. The molecule has 1 aliphatic heterocycles. The first-order chi connectivity index (χ1) is 10.2. The molecular formula is C17H17NO3. The number of carbonyl (C=O) groups excluding carboxylic acids is 1. The average molecular weight is 283 g/mol. The van der Waals surface area contributed by atoms with E-state index in [-0.39, 0.29) is 5.91 Å². The monoisotopic (exact) mass is 283 g/mol.